The van der Waals surface area contributed by atoms with E-state index in [1.807, 2.05) is 24.3 Å². The van der Waals surface area contributed by atoms with Crippen LogP contribution in [-0.4, -0.2) is 41.3 Å². The third kappa shape index (κ3) is 3.45. The number of ether oxygens (including phenoxy) is 1. The number of benzene rings is 2. The Morgan fingerprint density at radius 3 is 2.81 bits per heavy atom. The smallest absolute Gasteiger partial charge is 0.325 e. The SMILES string of the molecule is COc1cc([N+](=O)[O-])ccc1NC(=O)CN1C(=O)NC2(CCCc3ccccc32)C1=O. The number of imide groups is 1. The molecule has 4 amide bonds. The van der Waals surface area contributed by atoms with Crippen molar-refractivity contribution in [2.24, 2.45) is 0 Å². The molecule has 0 aromatic heterocycles. The highest BCUT2D eigenvalue weighted by Crippen LogP contribution is 2.40. The first-order valence-corrected chi connectivity index (χ1v) is 9.70. The number of hydrogen-bond donors (Lipinski definition) is 2. The minimum absolute atomic E-state index is 0.0948. The van der Waals surface area contributed by atoms with Crippen LogP contribution >= 0.6 is 0 Å². The number of rotatable bonds is 5. The first-order valence-electron chi connectivity index (χ1n) is 9.70. The molecule has 1 saturated heterocycles. The fourth-order valence-corrected chi connectivity index (χ4v) is 4.19. The van der Waals surface area contributed by atoms with Gasteiger partial charge in [0.25, 0.3) is 11.6 Å². The van der Waals surface area contributed by atoms with E-state index >= 15 is 0 Å². The largest absolute Gasteiger partial charge is 0.494 e. The molecule has 10 heteroatoms. The molecule has 2 N–H and O–H groups in total. The summed E-state index contributed by atoms with van der Waals surface area (Å²) in [6.45, 7) is -0.491. The van der Waals surface area contributed by atoms with E-state index in [0.29, 0.717) is 6.42 Å². The third-order valence-corrected chi connectivity index (χ3v) is 5.62. The number of nitrogens with zero attached hydrogens (tertiary/aromatic N) is 2. The summed E-state index contributed by atoms with van der Waals surface area (Å²) in [5.74, 6) is -0.996. The van der Waals surface area contributed by atoms with Crippen LogP contribution in [0.25, 0.3) is 0 Å². The van der Waals surface area contributed by atoms with Gasteiger partial charge >= 0.3 is 6.03 Å². The zero-order valence-corrected chi connectivity index (χ0v) is 16.7. The number of methoxy groups -OCH3 is 1. The highest BCUT2D eigenvalue weighted by molar-refractivity contribution is 6.10. The molecule has 2 aromatic carbocycles. The molecule has 1 heterocycles. The summed E-state index contributed by atoms with van der Waals surface area (Å²) in [6.07, 6.45) is 2.02. The van der Waals surface area contributed by atoms with Crippen molar-refractivity contribution in [3.8, 4) is 5.75 Å². The Balaban J connectivity index is 1.53. The predicted octanol–water partition coefficient (Wildman–Crippen LogP) is 2.33. The molecule has 2 aliphatic rings. The Labute approximate surface area is 177 Å². The summed E-state index contributed by atoms with van der Waals surface area (Å²) in [6, 6.07) is 10.6. The van der Waals surface area contributed by atoms with Gasteiger partial charge in [0.15, 0.2) is 0 Å². The number of nitrogens with one attached hydrogen (secondary N) is 2. The Morgan fingerprint density at radius 1 is 1.29 bits per heavy atom. The lowest BCUT2D eigenvalue weighted by molar-refractivity contribution is -0.384. The molecule has 10 nitrogen and oxygen atoms in total. The molecule has 4 rings (SSSR count). The zero-order chi connectivity index (χ0) is 22.2. The van der Waals surface area contributed by atoms with Crippen molar-refractivity contribution in [1.29, 1.82) is 0 Å². The number of hydrogen-bond acceptors (Lipinski definition) is 6. The van der Waals surface area contributed by atoms with Crippen LogP contribution in [0.3, 0.4) is 0 Å². The summed E-state index contributed by atoms with van der Waals surface area (Å²) in [7, 11) is 1.32. The number of fused-ring (bicyclic) bond motifs is 2. The standard InChI is InChI=1S/C21H20N4O6/c1-31-17-11-14(25(29)30)8-9-16(17)22-18(26)12-24-19(27)21(23-20(24)28)10-4-6-13-5-2-3-7-15(13)21/h2-3,5,7-9,11H,4,6,10,12H2,1H3,(H,22,26)(H,23,28). The number of nitro benzene ring substituents is 1. The van der Waals surface area contributed by atoms with E-state index in [2.05, 4.69) is 10.6 Å². The van der Waals surface area contributed by atoms with Crippen molar-refractivity contribution in [1.82, 2.24) is 10.2 Å². The molecule has 1 fully saturated rings. The lowest BCUT2D eigenvalue weighted by Crippen LogP contribution is -2.47. The number of carbonyl (C=O) groups excluding carboxylic acids is 3. The number of non-ortho nitro benzene ring substituents is 1. The van der Waals surface area contributed by atoms with Gasteiger partial charge in [-0.1, -0.05) is 24.3 Å². The van der Waals surface area contributed by atoms with Crippen molar-refractivity contribution in [3.05, 3.63) is 63.7 Å². The minimum atomic E-state index is -1.16. The van der Waals surface area contributed by atoms with Crippen LogP contribution in [0.15, 0.2) is 42.5 Å². The summed E-state index contributed by atoms with van der Waals surface area (Å²) in [5, 5.41) is 16.3. The van der Waals surface area contributed by atoms with E-state index in [-0.39, 0.29) is 17.1 Å². The molecule has 0 radical (unpaired) electrons. The Kier molecular flexibility index (Phi) is 5.05. The van der Waals surface area contributed by atoms with Crippen molar-refractivity contribution >= 4 is 29.2 Å². The number of carbonyl (C=O) groups is 3. The highest BCUT2D eigenvalue weighted by Gasteiger charge is 2.54. The number of anilines is 1. The van der Waals surface area contributed by atoms with Crippen molar-refractivity contribution < 1.29 is 24.0 Å². The lowest BCUT2D eigenvalue weighted by Gasteiger charge is -2.33. The Bertz CT molecular complexity index is 1100. The van der Waals surface area contributed by atoms with E-state index in [0.717, 1.165) is 28.9 Å². The fraction of sp³-hybridized carbons (Fsp3) is 0.286. The van der Waals surface area contributed by atoms with Crippen molar-refractivity contribution in [2.45, 2.75) is 24.8 Å². The monoisotopic (exact) mass is 424 g/mol. The zero-order valence-electron chi connectivity index (χ0n) is 16.7. The molecule has 1 aliphatic heterocycles. The maximum absolute atomic E-state index is 13.2. The summed E-state index contributed by atoms with van der Waals surface area (Å²) in [5.41, 5.74) is 0.616. The van der Waals surface area contributed by atoms with Gasteiger partial charge in [-0.25, -0.2) is 4.79 Å². The summed E-state index contributed by atoms with van der Waals surface area (Å²) >= 11 is 0. The van der Waals surface area contributed by atoms with Gasteiger partial charge in [-0.2, -0.15) is 0 Å². The van der Waals surface area contributed by atoms with Crippen LogP contribution in [-0.2, 0) is 21.5 Å². The summed E-state index contributed by atoms with van der Waals surface area (Å²) < 4.78 is 5.10. The first-order chi connectivity index (χ1) is 14.9. The predicted molar refractivity (Wildman–Crippen MR) is 110 cm³/mol. The van der Waals surface area contributed by atoms with E-state index < -0.39 is 34.9 Å². The second-order valence-electron chi connectivity index (χ2n) is 7.43. The van der Waals surface area contributed by atoms with Crippen LogP contribution in [0, 0.1) is 10.1 Å². The number of amides is 4. The fourth-order valence-electron chi connectivity index (χ4n) is 4.19. The second kappa shape index (κ2) is 7.71. The molecule has 1 aliphatic carbocycles. The highest BCUT2D eigenvalue weighted by atomic mass is 16.6. The van der Waals surface area contributed by atoms with Gasteiger partial charge in [0.1, 0.15) is 17.8 Å². The number of nitro groups is 1. The number of aryl methyl sites for hydroxylation is 1. The topological polar surface area (TPSA) is 131 Å². The molecule has 2 aromatic rings. The van der Waals surface area contributed by atoms with E-state index in [1.54, 1.807) is 0 Å². The van der Waals surface area contributed by atoms with Gasteiger partial charge in [-0.05, 0) is 36.5 Å². The molecule has 1 unspecified atom stereocenters. The second-order valence-corrected chi connectivity index (χ2v) is 7.43. The minimum Gasteiger partial charge on any atom is -0.494 e. The third-order valence-electron chi connectivity index (χ3n) is 5.62. The molecule has 1 atom stereocenters. The van der Waals surface area contributed by atoms with Crippen LogP contribution < -0.4 is 15.4 Å². The molecule has 0 saturated carbocycles. The van der Waals surface area contributed by atoms with Crippen LogP contribution in [0.4, 0.5) is 16.2 Å². The normalized spacial score (nSPS) is 19.7. The van der Waals surface area contributed by atoms with Crippen LogP contribution in [0.5, 0.6) is 5.75 Å². The molecule has 0 bridgehead atoms. The molecule has 1 spiro atoms. The van der Waals surface area contributed by atoms with Gasteiger partial charge in [-0.3, -0.25) is 24.6 Å². The maximum atomic E-state index is 13.2. The lowest BCUT2D eigenvalue weighted by atomic mass is 9.76. The van der Waals surface area contributed by atoms with Crippen LogP contribution in [0.1, 0.15) is 24.0 Å². The van der Waals surface area contributed by atoms with Crippen LogP contribution in [0.2, 0.25) is 0 Å². The average Bonchev–Trinajstić information content (AvgIpc) is 2.99. The average molecular weight is 424 g/mol. The van der Waals surface area contributed by atoms with E-state index in [1.165, 1.54) is 25.3 Å². The van der Waals surface area contributed by atoms with Gasteiger partial charge in [-0.15, -0.1) is 0 Å². The first kappa shape index (κ1) is 20.3. The summed E-state index contributed by atoms with van der Waals surface area (Å²) in [4.78, 5) is 49.7. The molecule has 31 heavy (non-hydrogen) atoms. The Hall–Kier alpha value is -3.95. The quantitative estimate of drug-likeness (QED) is 0.430. The van der Waals surface area contributed by atoms with Gasteiger partial charge in [0.2, 0.25) is 5.91 Å². The van der Waals surface area contributed by atoms with Gasteiger partial charge < -0.3 is 15.4 Å². The molecular formula is C21H20N4O6. The van der Waals surface area contributed by atoms with Crippen molar-refractivity contribution in [2.75, 3.05) is 19.0 Å². The maximum Gasteiger partial charge on any atom is 0.325 e. The molecule has 160 valence electrons. The molecular weight excluding hydrogens is 404 g/mol. The van der Waals surface area contributed by atoms with Gasteiger partial charge in [0.05, 0.1) is 23.8 Å². The number of urea groups is 1. The van der Waals surface area contributed by atoms with E-state index in [4.69, 9.17) is 4.74 Å². The Morgan fingerprint density at radius 2 is 2.06 bits per heavy atom. The van der Waals surface area contributed by atoms with E-state index in [9.17, 15) is 24.5 Å². The van der Waals surface area contributed by atoms with Gasteiger partial charge in [0, 0.05) is 6.07 Å². The van der Waals surface area contributed by atoms with Crippen molar-refractivity contribution in [3.63, 3.8) is 0 Å².